The van der Waals surface area contributed by atoms with Gasteiger partial charge in [-0.05, 0) is 24.3 Å². The van der Waals surface area contributed by atoms with Crippen LogP contribution in [0.5, 0.6) is 0 Å². The summed E-state index contributed by atoms with van der Waals surface area (Å²) in [6.07, 6.45) is -2.32. The molecule has 1 aromatic heterocycles. The summed E-state index contributed by atoms with van der Waals surface area (Å²) in [5, 5.41) is 13.8. The fraction of sp³-hybridized carbons (Fsp3) is 0.100. The Hall–Kier alpha value is -3.55. The highest BCUT2D eigenvalue weighted by Crippen LogP contribution is 2.40. The number of pyridine rings is 1. The van der Waals surface area contributed by atoms with E-state index >= 15 is 0 Å². The molecule has 8 heteroatoms. The molecule has 3 rings (SSSR count). The molecule has 0 radical (unpaired) electrons. The van der Waals surface area contributed by atoms with Gasteiger partial charge in [-0.2, -0.15) is 17.9 Å². The predicted molar refractivity (Wildman–Crippen MR) is 99.3 cm³/mol. The number of hydrogen-bond acceptors (Lipinski definition) is 3. The van der Waals surface area contributed by atoms with E-state index < -0.39 is 17.6 Å². The van der Waals surface area contributed by atoms with E-state index in [1.165, 1.54) is 48.6 Å². The van der Waals surface area contributed by atoms with Crippen LogP contribution < -0.4 is 14.9 Å². The van der Waals surface area contributed by atoms with Crippen LogP contribution in [0, 0.1) is 5.21 Å². The number of benzene rings is 2. The largest absolute Gasteiger partial charge is 0.619 e. The van der Waals surface area contributed by atoms with E-state index in [-0.39, 0.29) is 11.3 Å². The Bertz CT molecular complexity index is 974. The van der Waals surface area contributed by atoms with Crippen LogP contribution in [0.2, 0.25) is 0 Å². The molecule has 0 unspecified atom stereocenters. The van der Waals surface area contributed by atoms with Gasteiger partial charge in [-0.3, -0.25) is 4.79 Å². The summed E-state index contributed by atoms with van der Waals surface area (Å²) in [5.41, 5.74) is -0.593. The minimum Gasteiger partial charge on any atom is -0.619 e. The number of amides is 1. The van der Waals surface area contributed by atoms with Crippen LogP contribution in [0.3, 0.4) is 0 Å². The molecule has 0 atom stereocenters. The second-order valence-electron chi connectivity index (χ2n) is 5.99. The molecule has 0 aliphatic heterocycles. The van der Waals surface area contributed by atoms with Crippen molar-refractivity contribution in [3.8, 4) is 0 Å². The molecule has 0 fully saturated rings. The molecule has 5 nitrogen and oxygen atoms in total. The first kappa shape index (κ1) is 19.2. The first-order valence-corrected chi connectivity index (χ1v) is 8.26. The van der Waals surface area contributed by atoms with Gasteiger partial charge >= 0.3 is 6.18 Å². The molecule has 28 heavy (non-hydrogen) atoms. The monoisotopic (exact) mass is 387 g/mol. The van der Waals surface area contributed by atoms with Crippen LogP contribution >= 0.6 is 0 Å². The number of alkyl halides is 3. The highest BCUT2D eigenvalue weighted by molar-refractivity contribution is 6.09. The number of hydrogen-bond donors (Lipinski definition) is 1. The number of nitrogens with one attached hydrogen (secondary N) is 1. The van der Waals surface area contributed by atoms with Gasteiger partial charge in [0.2, 0.25) is 0 Å². The Labute approximate surface area is 159 Å². The molecule has 0 bridgehead atoms. The Morgan fingerprint density at radius 2 is 1.64 bits per heavy atom. The molecule has 2 aromatic carbocycles. The number of carbonyl (C=O) groups is 1. The van der Waals surface area contributed by atoms with Crippen molar-refractivity contribution in [2.24, 2.45) is 0 Å². The van der Waals surface area contributed by atoms with Crippen molar-refractivity contribution in [2.45, 2.75) is 6.18 Å². The molecule has 0 spiro atoms. The maximum Gasteiger partial charge on any atom is 0.418 e. The van der Waals surface area contributed by atoms with Crippen LogP contribution in [-0.4, -0.2) is 13.0 Å². The average molecular weight is 387 g/mol. The van der Waals surface area contributed by atoms with Crippen LogP contribution in [-0.2, 0) is 6.18 Å². The Balaban J connectivity index is 2.09. The van der Waals surface area contributed by atoms with Gasteiger partial charge < -0.3 is 15.4 Å². The zero-order valence-corrected chi connectivity index (χ0v) is 14.8. The minimum atomic E-state index is -4.67. The fourth-order valence-corrected chi connectivity index (χ4v) is 2.79. The molecular formula is C20H16F3N3O2. The SMILES string of the molecule is CN(c1cc[n+]([O-])cc1)c1c(C(=O)Nc2ccccc2)cccc1C(F)(F)F. The van der Waals surface area contributed by atoms with Crippen molar-refractivity contribution >= 4 is 23.0 Å². The van der Waals surface area contributed by atoms with Gasteiger partial charge in [-0.1, -0.05) is 24.3 Å². The topological polar surface area (TPSA) is 59.3 Å². The standard InChI is InChI=1S/C20H16F3N3O2/c1-25(15-10-12-26(28)13-11-15)18-16(8-5-9-17(18)20(21,22)23)19(27)24-14-6-3-2-4-7-14/h2-13H,1H3,(H,24,27). The second-order valence-corrected chi connectivity index (χ2v) is 5.99. The lowest BCUT2D eigenvalue weighted by molar-refractivity contribution is -0.605. The van der Waals surface area contributed by atoms with E-state index in [2.05, 4.69) is 5.32 Å². The average Bonchev–Trinajstić information content (AvgIpc) is 2.67. The molecular weight excluding hydrogens is 371 g/mol. The molecule has 0 saturated heterocycles. The lowest BCUT2D eigenvalue weighted by Crippen LogP contribution is -2.26. The molecule has 0 aliphatic rings. The molecule has 1 amide bonds. The third-order valence-electron chi connectivity index (χ3n) is 4.12. The first-order valence-electron chi connectivity index (χ1n) is 8.26. The van der Waals surface area contributed by atoms with Crippen LogP contribution in [0.25, 0.3) is 0 Å². The fourth-order valence-electron chi connectivity index (χ4n) is 2.79. The lowest BCUT2D eigenvalue weighted by atomic mass is 10.0. The summed E-state index contributed by atoms with van der Waals surface area (Å²) >= 11 is 0. The molecule has 1 N–H and O–H groups in total. The summed E-state index contributed by atoms with van der Waals surface area (Å²) in [5.74, 6) is -0.672. The zero-order chi connectivity index (χ0) is 20.3. The van der Waals surface area contributed by atoms with Crippen molar-refractivity contribution in [1.82, 2.24) is 0 Å². The molecule has 1 heterocycles. The van der Waals surface area contributed by atoms with E-state index in [1.54, 1.807) is 30.3 Å². The van der Waals surface area contributed by atoms with Crippen molar-refractivity contribution in [2.75, 3.05) is 17.3 Å². The molecule has 0 saturated carbocycles. The summed E-state index contributed by atoms with van der Waals surface area (Å²) in [4.78, 5) is 14.0. The zero-order valence-electron chi connectivity index (χ0n) is 14.8. The highest BCUT2D eigenvalue weighted by Gasteiger charge is 2.36. The number of halogens is 3. The quantitative estimate of drug-likeness (QED) is 0.535. The summed E-state index contributed by atoms with van der Waals surface area (Å²) < 4.78 is 41.5. The first-order chi connectivity index (χ1) is 13.3. The van der Waals surface area contributed by atoms with Crippen molar-refractivity contribution in [3.63, 3.8) is 0 Å². The van der Waals surface area contributed by atoms with E-state index in [0.29, 0.717) is 16.1 Å². The van der Waals surface area contributed by atoms with E-state index in [4.69, 9.17) is 0 Å². The lowest BCUT2D eigenvalue weighted by Gasteiger charge is -2.26. The molecule has 0 aliphatic carbocycles. The third kappa shape index (κ3) is 4.06. The minimum absolute atomic E-state index is 0.139. The van der Waals surface area contributed by atoms with Crippen LogP contribution in [0.4, 0.5) is 30.2 Å². The van der Waals surface area contributed by atoms with Gasteiger partial charge in [0.25, 0.3) is 5.91 Å². The van der Waals surface area contributed by atoms with Gasteiger partial charge in [0, 0.05) is 24.9 Å². The third-order valence-corrected chi connectivity index (χ3v) is 4.12. The second kappa shape index (κ2) is 7.59. The number of nitrogens with zero attached hydrogens (tertiary/aromatic N) is 2. The van der Waals surface area contributed by atoms with Gasteiger partial charge in [0.05, 0.1) is 22.5 Å². The maximum absolute atomic E-state index is 13.6. The van der Waals surface area contributed by atoms with E-state index in [0.717, 1.165) is 6.07 Å². The van der Waals surface area contributed by atoms with Gasteiger partial charge in [0.1, 0.15) is 0 Å². The molecule has 144 valence electrons. The van der Waals surface area contributed by atoms with Crippen molar-refractivity contribution in [3.05, 3.63) is 89.4 Å². The highest BCUT2D eigenvalue weighted by atomic mass is 19.4. The van der Waals surface area contributed by atoms with Gasteiger partial charge in [-0.25, -0.2) is 0 Å². The molecule has 3 aromatic rings. The Morgan fingerprint density at radius 1 is 1.00 bits per heavy atom. The van der Waals surface area contributed by atoms with E-state index in [9.17, 15) is 23.2 Å². The number of aromatic nitrogens is 1. The summed E-state index contributed by atoms with van der Waals surface area (Å²) in [6.45, 7) is 0. The predicted octanol–water partition coefficient (Wildman–Crippen LogP) is 4.36. The smallest absolute Gasteiger partial charge is 0.418 e. The normalized spacial score (nSPS) is 11.1. The Kier molecular flexibility index (Phi) is 5.21. The number of carbonyl (C=O) groups excluding carboxylic acids is 1. The van der Waals surface area contributed by atoms with Gasteiger partial charge in [-0.15, -0.1) is 0 Å². The van der Waals surface area contributed by atoms with Gasteiger partial charge in [0.15, 0.2) is 12.4 Å². The van der Waals surface area contributed by atoms with E-state index in [1.807, 2.05) is 0 Å². The Morgan fingerprint density at radius 3 is 2.25 bits per heavy atom. The summed E-state index contributed by atoms with van der Waals surface area (Å²) in [6, 6.07) is 14.6. The number of para-hydroxylation sites is 2. The van der Waals surface area contributed by atoms with Crippen molar-refractivity contribution in [1.29, 1.82) is 0 Å². The maximum atomic E-state index is 13.6. The number of rotatable bonds is 4. The van der Waals surface area contributed by atoms with Crippen LogP contribution in [0.1, 0.15) is 15.9 Å². The number of anilines is 3. The van der Waals surface area contributed by atoms with Crippen LogP contribution in [0.15, 0.2) is 73.1 Å². The summed E-state index contributed by atoms with van der Waals surface area (Å²) in [7, 11) is 1.41. The van der Waals surface area contributed by atoms with Crippen molar-refractivity contribution < 1.29 is 22.7 Å².